The van der Waals surface area contributed by atoms with Gasteiger partial charge < -0.3 is 23.7 Å². The quantitative estimate of drug-likeness (QED) is 0.474. The van der Waals surface area contributed by atoms with Gasteiger partial charge in [0.05, 0.1) is 33.9 Å². The number of hydrogen-bond donors (Lipinski definition) is 0. The largest absolute Gasteiger partial charge is 0.493 e. The van der Waals surface area contributed by atoms with E-state index in [9.17, 15) is 4.79 Å². The number of fused-ring (bicyclic) bond motifs is 2. The molecule has 0 bridgehead atoms. The SMILES string of the molecule is COc1cc2c(cc1OC)[C@H](c1ccc(OCc3ccccc3)c(OC)c1)[C@H]1C(=O)OC[C@@H]1C2. The average Bonchev–Trinajstić information content (AvgIpc) is 3.25. The third-order valence-electron chi connectivity index (χ3n) is 6.83. The Kier molecular flexibility index (Phi) is 6.05. The molecule has 0 spiro atoms. The number of benzene rings is 3. The second kappa shape index (κ2) is 9.29. The van der Waals surface area contributed by atoms with E-state index in [0.29, 0.717) is 36.2 Å². The van der Waals surface area contributed by atoms with Crippen LogP contribution in [0.2, 0.25) is 0 Å². The molecule has 6 heteroatoms. The first-order chi connectivity index (χ1) is 16.6. The number of cyclic esters (lactones) is 1. The second-order valence-electron chi connectivity index (χ2n) is 8.69. The van der Waals surface area contributed by atoms with Gasteiger partial charge in [-0.2, -0.15) is 0 Å². The fourth-order valence-electron chi connectivity index (χ4n) is 5.17. The highest BCUT2D eigenvalue weighted by Gasteiger charge is 2.47. The van der Waals surface area contributed by atoms with E-state index in [-0.39, 0.29) is 23.7 Å². The van der Waals surface area contributed by atoms with Gasteiger partial charge >= 0.3 is 5.97 Å². The Morgan fingerprint density at radius 3 is 2.29 bits per heavy atom. The van der Waals surface area contributed by atoms with E-state index in [4.69, 9.17) is 23.7 Å². The summed E-state index contributed by atoms with van der Waals surface area (Å²) < 4.78 is 28.3. The smallest absolute Gasteiger partial charge is 0.310 e. The molecule has 0 unspecified atom stereocenters. The monoisotopic (exact) mass is 460 g/mol. The van der Waals surface area contributed by atoms with E-state index in [2.05, 4.69) is 0 Å². The lowest BCUT2D eigenvalue weighted by atomic mass is 9.67. The Balaban J connectivity index is 1.54. The van der Waals surface area contributed by atoms with Gasteiger partial charge in [-0.05, 0) is 52.9 Å². The number of carbonyl (C=O) groups excluding carboxylic acids is 1. The summed E-state index contributed by atoms with van der Waals surface area (Å²) in [4.78, 5) is 12.8. The van der Waals surface area contributed by atoms with Crippen LogP contribution in [0, 0.1) is 11.8 Å². The van der Waals surface area contributed by atoms with Gasteiger partial charge in [0.25, 0.3) is 0 Å². The van der Waals surface area contributed by atoms with Crippen molar-refractivity contribution >= 4 is 5.97 Å². The van der Waals surface area contributed by atoms with Gasteiger partial charge in [-0.3, -0.25) is 4.79 Å². The topological polar surface area (TPSA) is 63.2 Å². The molecule has 3 aromatic rings. The van der Waals surface area contributed by atoms with Crippen molar-refractivity contribution in [1.82, 2.24) is 0 Å². The first-order valence-corrected chi connectivity index (χ1v) is 11.4. The lowest BCUT2D eigenvalue weighted by Crippen LogP contribution is -2.31. The van der Waals surface area contributed by atoms with Crippen LogP contribution in [0.5, 0.6) is 23.0 Å². The molecule has 0 radical (unpaired) electrons. The molecule has 2 aliphatic rings. The first-order valence-electron chi connectivity index (χ1n) is 11.4. The molecule has 6 nitrogen and oxygen atoms in total. The molecule has 1 aliphatic heterocycles. The molecule has 1 saturated heterocycles. The van der Waals surface area contributed by atoms with Gasteiger partial charge in [-0.1, -0.05) is 36.4 Å². The van der Waals surface area contributed by atoms with Crippen LogP contribution >= 0.6 is 0 Å². The van der Waals surface area contributed by atoms with Gasteiger partial charge in [0.2, 0.25) is 0 Å². The minimum absolute atomic E-state index is 0.114. The molecule has 3 aromatic carbocycles. The van der Waals surface area contributed by atoms with Gasteiger partial charge in [-0.15, -0.1) is 0 Å². The molecule has 0 saturated carbocycles. The zero-order valence-electron chi connectivity index (χ0n) is 19.6. The molecule has 3 atom stereocenters. The molecule has 0 amide bonds. The fraction of sp³-hybridized carbons (Fsp3) is 0.321. The number of methoxy groups -OCH3 is 3. The molecular weight excluding hydrogens is 432 g/mol. The maximum absolute atomic E-state index is 12.8. The van der Waals surface area contributed by atoms with Crippen LogP contribution in [0.4, 0.5) is 0 Å². The Morgan fingerprint density at radius 1 is 0.853 bits per heavy atom. The predicted octanol–water partition coefficient (Wildman–Crippen LogP) is 4.77. The summed E-state index contributed by atoms with van der Waals surface area (Å²) >= 11 is 0. The highest BCUT2D eigenvalue weighted by atomic mass is 16.5. The highest BCUT2D eigenvalue weighted by Crippen LogP contribution is 2.50. The fourth-order valence-corrected chi connectivity index (χ4v) is 5.17. The minimum Gasteiger partial charge on any atom is -0.493 e. The van der Waals surface area contributed by atoms with Crippen LogP contribution < -0.4 is 18.9 Å². The normalized spacial score (nSPS) is 20.7. The number of rotatable bonds is 7. The number of ether oxygens (including phenoxy) is 5. The maximum Gasteiger partial charge on any atom is 0.310 e. The van der Waals surface area contributed by atoms with E-state index in [1.54, 1.807) is 21.3 Å². The van der Waals surface area contributed by atoms with Crippen molar-refractivity contribution < 1.29 is 28.5 Å². The first kappa shape index (κ1) is 22.1. The average molecular weight is 461 g/mol. The van der Waals surface area contributed by atoms with Crippen molar-refractivity contribution in [2.24, 2.45) is 11.8 Å². The third kappa shape index (κ3) is 3.94. The standard InChI is InChI=1S/C28H28O6/c1-30-23-12-18(9-10-22(23)33-15-17-7-5-4-6-8-17)26-21-14-25(32-3)24(31-2)13-19(21)11-20-16-34-28(29)27(20)26/h4-10,12-14,20,26-27H,11,15-16H2,1-3H3/t20-,26-,27-/m0/s1. The lowest BCUT2D eigenvalue weighted by Gasteiger charge is -2.34. The summed E-state index contributed by atoms with van der Waals surface area (Å²) in [5.74, 6) is 2.14. The Bertz CT molecular complexity index is 1190. The van der Waals surface area contributed by atoms with Gasteiger partial charge in [0.15, 0.2) is 23.0 Å². The van der Waals surface area contributed by atoms with Crippen LogP contribution in [0.25, 0.3) is 0 Å². The van der Waals surface area contributed by atoms with Crippen molar-refractivity contribution in [2.45, 2.75) is 18.9 Å². The van der Waals surface area contributed by atoms with Crippen molar-refractivity contribution in [3.05, 3.63) is 82.9 Å². The van der Waals surface area contributed by atoms with Crippen LogP contribution in [0.15, 0.2) is 60.7 Å². The van der Waals surface area contributed by atoms with Crippen molar-refractivity contribution in [3.8, 4) is 23.0 Å². The number of hydrogen-bond acceptors (Lipinski definition) is 6. The molecular formula is C28H28O6. The summed E-state index contributed by atoms with van der Waals surface area (Å²) in [6.45, 7) is 0.875. The summed E-state index contributed by atoms with van der Waals surface area (Å²) in [7, 11) is 4.88. The number of esters is 1. The van der Waals surface area contributed by atoms with Gasteiger partial charge in [-0.25, -0.2) is 0 Å². The second-order valence-corrected chi connectivity index (χ2v) is 8.69. The van der Waals surface area contributed by atoms with E-state index in [1.807, 2.05) is 60.7 Å². The van der Waals surface area contributed by atoms with Crippen LogP contribution in [-0.4, -0.2) is 33.9 Å². The van der Waals surface area contributed by atoms with E-state index >= 15 is 0 Å². The minimum atomic E-state index is -0.258. The van der Waals surface area contributed by atoms with Crippen LogP contribution in [0.3, 0.4) is 0 Å². The van der Waals surface area contributed by atoms with E-state index in [1.165, 1.54) is 0 Å². The molecule has 1 aliphatic carbocycles. The van der Waals surface area contributed by atoms with Crippen molar-refractivity contribution in [1.29, 1.82) is 0 Å². The number of carbonyl (C=O) groups is 1. The van der Waals surface area contributed by atoms with Gasteiger partial charge in [0.1, 0.15) is 6.61 Å². The maximum atomic E-state index is 12.8. The Labute approximate surface area is 199 Å². The summed E-state index contributed by atoms with van der Waals surface area (Å²) in [5.41, 5.74) is 4.25. The lowest BCUT2D eigenvalue weighted by molar-refractivity contribution is -0.141. The van der Waals surface area contributed by atoms with Crippen molar-refractivity contribution in [3.63, 3.8) is 0 Å². The predicted molar refractivity (Wildman–Crippen MR) is 127 cm³/mol. The summed E-state index contributed by atoms with van der Waals surface area (Å²) in [6, 6.07) is 19.9. The Morgan fingerprint density at radius 2 is 1.56 bits per heavy atom. The van der Waals surface area contributed by atoms with E-state index < -0.39 is 0 Å². The third-order valence-corrected chi connectivity index (χ3v) is 6.83. The molecule has 5 rings (SSSR count). The van der Waals surface area contributed by atoms with E-state index in [0.717, 1.165) is 28.7 Å². The molecule has 0 N–H and O–H groups in total. The van der Waals surface area contributed by atoms with Crippen LogP contribution in [0.1, 0.15) is 28.2 Å². The Hall–Kier alpha value is -3.67. The van der Waals surface area contributed by atoms with Gasteiger partial charge in [0, 0.05) is 11.8 Å². The molecule has 1 fully saturated rings. The van der Waals surface area contributed by atoms with Crippen LogP contribution in [-0.2, 0) is 22.6 Å². The van der Waals surface area contributed by atoms with Crippen molar-refractivity contribution in [2.75, 3.05) is 27.9 Å². The zero-order chi connectivity index (χ0) is 23.7. The molecule has 0 aromatic heterocycles. The summed E-state index contributed by atoms with van der Waals surface area (Å²) in [5, 5.41) is 0. The zero-order valence-corrected chi connectivity index (χ0v) is 19.6. The summed E-state index contributed by atoms with van der Waals surface area (Å²) in [6.07, 6.45) is 0.762. The highest BCUT2D eigenvalue weighted by molar-refractivity contribution is 5.78. The molecule has 1 heterocycles. The molecule has 34 heavy (non-hydrogen) atoms. The molecule has 176 valence electrons.